The van der Waals surface area contributed by atoms with Crippen molar-refractivity contribution in [3.63, 3.8) is 0 Å². The lowest BCUT2D eigenvalue weighted by molar-refractivity contribution is 0.584. The summed E-state index contributed by atoms with van der Waals surface area (Å²) in [6.07, 6.45) is 2.91. The van der Waals surface area contributed by atoms with E-state index < -0.39 is 0 Å². The Bertz CT molecular complexity index is 494. The fraction of sp³-hybridized carbons (Fsp3) is 0.312. The minimum atomic E-state index is 0.0508. The first-order valence-electron chi connectivity index (χ1n) is 6.63. The molecule has 1 atom stereocenters. The van der Waals surface area contributed by atoms with Gasteiger partial charge in [0.1, 0.15) is 0 Å². The van der Waals surface area contributed by atoms with Crippen molar-refractivity contribution in [1.29, 1.82) is 0 Å². The number of hydrogen-bond acceptors (Lipinski definition) is 2. The first-order valence-corrected chi connectivity index (χ1v) is 7.01. The maximum absolute atomic E-state index is 6.33. The van der Waals surface area contributed by atoms with E-state index in [1.165, 1.54) is 5.56 Å². The van der Waals surface area contributed by atoms with Crippen LogP contribution in [-0.2, 0) is 0 Å². The average molecular weight is 275 g/mol. The third kappa shape index (κ3) is 3.34. The van der Waals surface area contributed by atoms with E-state index in [0.29, 0.717) is 0 Å². The molecule has 2 aromatic rings. The molecule has 0 saturated carbocycles. The molecule has 1 aromatic carbocycles. The van der Waals surface area contributed by atoms with Crippen LogP contribution in [0.2, 0.25) is 5.02 Å². The Balaban J connectivity index is 2.42. The van der Waals surface area contributed by atoms with Crippen LogP contribution in [0.4, 0.5) is 0 Å². The topological polar surface area (TPSA) is 24.9 Å². The van der Waals surface area contributed by atoms with Crippen molar-refractivity contribution in [2.24, 2.45) is 0 Å². The van der Waals surface area contributed by atoms with Gasteiger partial charge in [0.05, 0.1) is 11.7 Å². The lowest BCUT2D eigenvalue weighted by Gasteiger charge is -2.21. The van der Waals surface area contributed by atoms with Crippen LogP contribution < -0.4 is 5.32 Å². The molecule has 0 saturated heterocycles. The molecule has 0 aliphatic heterocycles. The zero-order valence-corrected chi connectivity index (χ0v) is 12.1. The zero-order valence-electron chi connectivity index (χ0n) is 11.4. The largest absolute Gasteiger partial charge is 0.305 e. The van der Waals surface area contributed by atoms with Crippen molar-refractivity contribution in [1.82, 2.24) is 10.3 Å². The molecule has 0 fully saturated rings. The summed E-state index contributed by atoms with van der Waals surface area (Å²) in [6.45, 7) is 5.17. The Hall–Kier alpha value is -1.38. The Morgan fingerprint density at radius 1 is 1.21 bits per heavy atom. The number of benzene rings is 1. The van der Waals surface area contributed by atoms with Crippen molar-refractivity contribution in [2.45, 2.75) is 26.3 Å². The Kier molecular flexibility index (Phi) is 4.94. The van der Waals surface area contributed by atoms with Crippen LogP contribution in [0, 0.1) is 6.92 Å². The first kappa shape index (κ1) is 14.0. The van der Waals surface area contributed by atoms with Crippen LogP contribution in [0.5, 0.6) is 0 Å². The van der Waals surface area contributed by atoms with Gasteiger partial charge in [-0.3, -0.25) is 4.98 Å². The molecule has 3 heteroatoms. The minimum Gasteiger partial charge on any atom is -0.305 e. The van der Waals surface area contributed by atoms with E-state index in [1.807, 2.05) is 30.5 Å². The monoisotopic (exact) mass is 274 g/mol. The molecule has 0 radical (unpaired) electrons. The molecular formula is C16H19ClN2. The third-order valence-electron chi connectivity index (χ3n) is 3.14. The second kappa shape index (κ2) is 6.69. The van der Waals surface area contributed by atoms with Gasteiger partial charge >= 0.3 is 0 Å². The van der Waals surface area contributed by atoms with E-state index in [9.17, 15) is 0 Å². The lowest BCUT2D eigenvalue weighted by Crippen LogP contribution is -2.25. The highest BCUT2D eigenvalue weighted by Crippen LogP contribution is 2.28. The molecule has 100 valence electrons. The number of pyridine rings is 1. The van der Waals surface area contributed by atoms with Crippen LogP contribution in [0.25, 0.3) is 0 Å². The van der Waals surface area contributed by atoms with Crippen molar-refractivity contribution < 1.29 is 0 Å². The highest BCUT2D eigenvalue weighted by molar-refractivity contribution is 6.31. The van der Waals surface area contributed by atoms with Crippen LogP contribution in [0.15, 0.2) is 42.6 Å². The predicted molar refractivity (Wildman–Crippen MR) is 80.6 cm³/mol. The van der Waals surface area contributed by atoms with E-state index in [4.69, 9.17) is 11.6 Å². The summed E-state index contributed by atoms with van der Waals surface area (Å²) in [5.74, 6) is 0. The molecule has 1 heterocycles. The van der Waals surface area contributed by atoms with Crippen LogP contribution in [0.1, 0.15) is 36.2 Å². The molecule has 0 amide bonds. The molecule has 0 aliphatic rings. The predicted octanol–water partition coefficient (Wildman–Crippen LogP) is 4.13. The summed E-state index contributed by atoms with van der Waals surface area (Å²) >= 11 is 6.33. The van der Waals surface area contributed by atoms with Gasteiger partial charge in [0.25, 0.3) is 0 Å². The maximum Gasteiger partial charge on any atom is 0.0768 e. The van der Waals surface area contributed by atoms with E-state index in [-0.39, 0.29) is 6.04 Å². The minimum absolute atomic E-state index is 0.0508. The number of halogens is 1. The van der Waals surface area contributed by atoms with Crippen LogP contribution in [-0.4, -0.2) is 11.5 Å². The molecule has 19 heavy (non-hydrogen) atoms. The molecule has 0 spiro atoms. The number of hydrogen-bond donors (Lipinski definition) is 1. The molecule has 2 nitrogen and oxygen atoms in total. The molecule has 1 N–H and O–H groups in total. The number of nitrogens with zero attached hydrogens (tertiary/aromatic N) is 1. The van der Waals surface area contributed by atoms with E-state index in [0.717, 1.165) is 29.2 Å². The van der Waals surface area contributed by atoms with Gasteiger partial charge < -0.3 is 5.32 Å². The van der Waals surface area contributed by atoms with Crippen LogP contribution in [0.3, 0.4) is 0 Å². The second-order valence-corrected chi connectivity index (χ2v) is 5.02. The number of aryl methyl sites for hydroxylation is 1. The smallest absolute Gasteiger partial charge is 0.0768 e. The first-order chi connectivity index (χ1) is 9.24. The lowest BCUT2D eigenvalue weighted by atomic mass is 9.99. The van der Waals surface area contributed by atoms with Gasteiger partial charge in [0.2, 0.25) is 0 Å². The molecule has 0 bridgehead atoms. The van der Waals surface area contributed by atoms with E-state index in [1.54, 1.807) is 0 Å². The molecule has 1 unspecified atom stereocenters. The molecule has 1 aromatic heterocycles. The highest BCUT2D eigenvalue weighted by Gasteiger charge is 2.18. The highest BCUT2D eigenvalue weighted by atomic mass is 35.5. The Labute approximate surface area is 119 Å². The van der Waals surface area contributed by atoms with Crippen molar-refractivity contribution in [2.75, 3.05) is 6.54 Å². The normalized spacial score (nSPS) is 12.4. The van der Waals surface area contributed by atoms with Crippen molar-refractivity contribution in [3.05, 3.63) is 64.4 Å². The van der Waals surface area contributed by atoms with Gasteiger partial charge in [-0.1, -0.05) is 42.8 Å². The quantitative estimate of drug-likeness (QED) is 0.887. The fourth-order valence-electron chi connectivity index (χ4n) is 2.15. The summed E-state index contributed by atoms with van der Waals surface area (Å²) < 4.78 is 0. The Morgan fingerprint density at radius 3 is 2.68 bits per heavy atom. The number of nitrogens with one attached hydrogen (secondary N) is 1. The summed E-state index contributed by atoms with van der Waals surface area (Å²) in [6, 6.07) is 12.0. The summed E-state index contributed by atoms with van der Waals surface area (Å²) in [5, 5.41) is 4.32. The third-order valence-corrected chi connectivity index (χ3v) is 3.48. The molecular weight excluding hydrogens is 256 g/mol. The number of rotatable bonds is 5. The molecule has 0 aliphatic carbocycles. The van der Waals surface area contributed by atoms with Gasteiger partial charge in [-0.2, -0.15) is 0 Å². The van der Waals surface area contributed by atoms with Gasteiger partial charge in [0.15, 0.2) is 0 Å². The van der Waals surface area contributed by atoms with Crippen molar-refractivity contribution >= 4 is 11.6 Å². The van der Waals surface area contributed by atoms with Gasteiger partial charge in [-0.15, -0.1) is 0 Å². The van der Waals surface area contributed by atoms with E-state index >= 15 is 0 Å². The fourth-order valence-corrected chi connectivity index (χ4v) is 2.40. The standard InChI is InChI=1S/C16H19ClN2/c1-3-10-18-16(13-8-4-5-9-14(13)17)15-12(2)7-6-11-19-15/h4-9,11,16,18H,3,10H2,1-2H3. The zero-order chi connectivity index (χ0) is 13.7. The van der Waals surface area contributed by atoms with Gasteiger partial charge in [-0.05, 0) is 43.1 Å². The average Bonchev–Trinajstić information content (AvgIpc) is 2.42. The SMILES string of the molecule is CCCNC(c1ccccc1Cl)c1ncccc1C. The molecule has 2 rings (SSSR count). The summed E-state index contributed by atoms with van der Waals surface area (Å²) in [5.41, 5.74) is 3.31. The summed E-state index contributed by atoms with van der Waals surface area (Å²) in [4.78, 5) is 4.53. The Morgan fingerprint density at radius 2 is 2.00 bits per heavy atom. The van der Waals surface area contributed by atoms with Gasteiger partial charge in [-0.25, -0.2) is 0 Å². The number of aromatic nitrogens is 1. The van der Waals surface area contributed by atoms with Crippen molar-refractivity contribution in [3.8, 4) is 0 Å². The maximum atomic E-state index is 6.33. The second-order valence-electron chi connectivity index (χ2n) is 4.61. The van der Waals surface area contributed by atoms with Crippen LogP contribution >= 0.6 is 11.6 Å². The van der Waals surface area contributed by atoms with Gasteiger partial charge in [0, 0.05) is 11.2 Å². The van der Waals surface area contributed by atoms with E-state index in [2.05, 4.69) is 36.3 Å². The summed E-state index contributed by atoms with van der Waals surface area (Å²) in [7, 11) is 0.